The standard InChI is InChI=1S/C9H7BrClN3S/c1-5-3-2-4-6(11)7(5)12-9-14-13-8(10)15-9/h2-4H,1H3,(H,12,14). The Morgan fingerprint density at radius 2 is 2.20 bits per heavy atom. The van der Waals surface area contributed by atoms with Crippen LogP contribution in [0, 0.1) is 6.92 Å². The summed E-state index contributed by atoms with van der Waals surface area (Å²) in [6, 6.07) is 5.75. The van der Waals surface area contributed by atoms with Crippen molar-refractivity contribution in [3.05, 3.63) is 32.7 Å². The maximum atomic E-state index is 6.07. The first-order valence-corrected chi connectivity index (χ1v) is 6.16. The number of aromatic nitrogens is 2. The van der Waals surface area contributed by atoms with E-state index in [1.165, 1.54) is 11.3 Å². The van der Waals surface area contributed by atoms with Gasteiger partial charge in [-0.05, 0) is 34.5 Å². The molecule has 1 N–H and O–H groups in total. The van der Waals surface area contributed by atoms with Crippen molar-refractivity contribution < 1.29 is 0 Å². The summed E-state index contributed by atoms with van der Waals surface area (Å²) in [6.07, 6.45) is 0. The zero-order valence-corrected chi connectivity index (χ0v) is 10.9. The summed E-state index contributed by atoms with van der Waals surface area (Å²) in [5, 5.41) is 12.3. The molecule has 15 heavy (non-hydrogen) atoms. The van der Waals surface area contributed by atoms with Gasteiger partial charge in [-0.25, -0.2) is 0 Å². The first-order chi connectivity index (χ1) is 7.16. The summed E-state index contributed by atoms with van der Waals surface area (Å²) in [6.45, 7) is 1.99. The van der Waals surface area contributed by atoms with Gasteiger partial charge in [0, 0.05) is 0 Å². The smallest absolute Gasteiger partial charge is 0.210 e. The molecule has 2 rings (SSSR count). The van der Waals surface area contributed by atoms with Gasteiger partial charge in [0.25, 0.3) is 0 Å². The molecule has 6 heteroatoms. The van der Waals surface area contributed by atoms with Crippen LogP contribution in [0.5, 0.6) is 0 Å². The Balaban J connectivity index is 2.31. The van der Waals surface area contributed by atoms with Crippen LogP contribution in [-0.2, 0) is 0 Å². The second-order valence-corrected chi connectivity index (χ2v) is 5.58. The summed E-state index contributed by atoms with van der Waals surface area (Å²) < 4.78 is 0.745. The van der Waals surface area contributed by atoms with Crippen molar-refractivity contribution >= 4 is 49.7 Å². The van der Waals surface area contributed by atoms with E-state index in [-0.39, 0.29) is 0 Å². The molecule has 0 aliphatic heterocycles. The fraction of sp³-hybridized carbons (Fsp3) is 0.111. The molecule has 1 aromatic carbocycles. The Morgan fingerprint density at radius 1 is 1.40 bits per heavy atom. The molecule has 0 radical (unpaired) electrons. The lowest BCUT2D eigenvalue weighted by Gasteiger charge is -2.07. The van der Waals surface area contributed by atoms with Crippen molar-refractivity contribution in [2.24, 2.45) is 0 Å². The van der Waals surface area contributed by atoms with Crippen LogP contribution in [0.1, 0.15) is 5.56 Å². The first-order valence-electron chi connectivity index (χ1n) is 4.18. The van der Waals surface area contributed by atoms with Crippen molar-refractivity contribution in [1.82, 2.24) is 10.2 Å². The second-order valence-electron chi connectivity index (χ2n) is 2.92. The van der Waals surface area contributed by atoms with Crippen LogP contribution in [0.25, 0.3) is 0 Å². The van der Waals surface area contributed by atoms with Gasteiger partial charge in [-0.3, -0.25) is 0 Å². The number of halogens is 2. The highest BCUT2D eigenvalue weighted by Crippen LogP contribution is 2.30. The second kappa shape index (κ2) is 4.47. The minimum absolute atomic E-state index is 0.682. The molecule has 0 unspecified atom stereocenters. The highest BCUT2D eigenvalue weighted by molar-refractivity contribution is 9.11. The Bertz CT molecular complexity index is 466. The van der Waals surface area contributed by atoms with Crippen molar-refractivity contribution in [2.75, 3.05) is 5.32 Å². The quantitative estimate of drug-likeness (QED) is 0.911. The SMILES string of the molecule is Cc1cccc(Cl)c1Nc1nnc(Br)s1. The molecule has 2 aromatic rings. The van der Waals surface area contributed by atoms with E-state index in [0.717, 1.165) is 20.3 Å². The van der Waals surface area contributed by atoms with E-state index in [4.69, 9.17) is 11.6 Å². The number of aryl methyl sites for hydroxylation is 1. The van der Waals surface area contributed by atoms with E-state index in [0.29, 0.717) is 5.02 Å². The third-order valence-electron chi connectivity index (χ3n) is 1.85. The van der Waals surface area contributed by atoms with Crippen LogP contribution in [0.3, 0.4) is 0 Å². The van der Waals surface area contributed by atoms with E-state index >= 15 is 0 Å². The van der Waals surface area contributed by atoms with Gasteiger partial charge in [0.2, 0.25) is 5.13 Å². The molecular formula is C9H7BrClN3S. The number of benzene rings is 1. The molecule has 78 valence electrons. The van der Waals surface area contributed by atoms with Gasteiger partial charge < -0.3 is 5.32 Å². The lowest BCUT2D eigenvalue weighted by Crippen LogP contribution is -1.93. The van der Waals surface area contributed by atoms with E-state index in [1.54, 1.807) is 0 Å². The normalized spacial score (nSPS) is 10.3. The zero-order chi connectivity index (χ0) is 10.8. The maximum absolute atomic E-state index is 6.07. The minimum Gasteiger partial charge on any atom is -0.329 e. The van der Waals surface area contributed by atoms with Gasteiger partial charge in [-0.15, -0.1) is 10.2 Å². The lowest BCUT2D eigenvalue weighted by atomic mass is 10.2. The molecule has 1 aromatic heterocycles. The number of hydrogen-bond acceptors (Lipinski definition) is 4. The summed E-state index contributed by atoms with van der Waals surface area (Å²) in [7, 11) is 0. The van der Waals surface area contributed by atoms with E-state index in [2.05, 4.69) is 31.4 Å². The Kier molecular flexibility index (Phi) is 3.23. The predicted molar refractivity (Wildman–Crippen MR) is 67.1 cm³/mol. The van der Waals surface area contributed by atoms with Crippen LogP contribution >= 0.6 is 38.9 Å². The van der Waals surface area contributed by atoms with Crippen LogP contribution in [0.15, 0.2) is 22.1 Å². The molecule has 1 heterocycles. The van der Waals surface area contributed by atoms with Crippen LogP contribution < -0.4 is 5.32 Å². The molecule has 0 aliphatic carbocycles. The fourth-order valence-corrected chi connectivity index (χ4v) is 2.44. The summed E-state index contributed by atoms with van der Waals surface area (Å²) >= 11 is 10.7. The van der Waals surface area contributed by atoms with E-state index < -0.39 is 0 Å². The first kappa shape index (κ1) is 10.9. The monoisotopic (exact) mass is 303 g/mol. The average Bonchev–Trinajstić information content (AvgIpc) is 2.58. The molecule has 0 amide bonds. The van der Waals surface area contributed by atoms with Gasteiger partial charge in [0.15, 0.2) is 3.92 Å². The molecule has 0 saturated heterocycles. The highest BCUT2D eigenvalue weighted by Gasteiger charge is 2.06. The zero-order valence-electron chi connectivity index (χ0n) is 7.79. The number of anilines is 2. The number of hydrogen-bond donors (Lipinski definition) is 1. The third-order valence-corrected chi connectivity index (χ3v) is 3.44. The lowest BCUT2D eigenvalue weighted by molar-refractivity contribution is 1.07. The number of nitrogens with zero attached hydrogens (tertiary/aromatic N) is 2. The molecule has 0 atom stereocenters. The molecule has 0 aliphatic rings. The van der Waals surface area contributed by atoms with Crippen molar-refractivity contribution in [1.29, 1.82) is 0 Å². The van der Waals surface area contributed by atoms with Crippen LogP contribution in [0.4, 0.5) is 10.8 Å². The molecule has 3 nitrogen and oxygen atoms in total. The average molecular weight is 305 g/mol. The van der Waals surface area contributed by atoms with Gasteiger partial charge in [-0.2, -0.15) is 0 Å². The molecule has 0 bridgehead atoms. The fourth-order valence-electron chi connectivity index (χ4n) is 1.15. The van der Waals surface area contributed by atoms with E-state index in [1.807, 2.05) is 25.1 Å². The van der Waals surface area contributed by atoms with Gasteiger partial charge >= 0.3 is 0 Å². The Morgan fingerprint density at radius 3 is 2.80 bits per heavy atom. The summed E-state index contributed by atoms with van der Waals surface area (Å²) in [5.41, 5.74) is 1.96. The molecule has 0 saturated carbocycles. The number of rotatable bonds is 2. The minimum atomic E-state index is 0.682. The third kappa shape index (κ3) is 2.48. The summed E-state index contributed by atoms with van der Waals surface area (Å²) in [4.78, 5) is 0. The highest BCUT2D eigenvalue weighted by atomic mass is 79.9. The predicted octanol–water partition coefficient (Wildman–Crippen LogP) is 4.01. The van der Waals surface area contributed by atoms with Crippen molar-refractivity contribution in [3.8, 4) is 0 Å². The largest absolute Gasteiger partial charge is 0.329 e. The maximum Gasteiger partial charge on any atom is 0.210 e. The molecule has 0 fully saturated rings. The Labute approximate surface area is 105 Å². The van der Waals surface area contributed by atoms with Crippen LogP contribution in [-0.4, -0.2) is 10.2 Å². The van der Waals surface area contributed by atoms with Gasteiger partial charge in [0.05, 0.1) is 10.7 Å². The Hall–Kier alpha value is -0.650. The van der Waals surface area contributed by atoms with Gasteiger partial charge in [0.1, 0.15) is 0 Å². The molecule has 0 spiro atoms. The van der Waals surface area contributed by atoms with Crippen molar-refractivity contribution in [2.45, 2.75) is 6.92 Å². The van der Waals surface area contributed by atoms with Gasteiger partial charge in [-0.1, -0.05) is 35.1 Å². The van der Waals surface area contributed by atoms with Crippen molar-refractivity contribution in [3.63, 3.8) is 0 Å². The summed E-state index contributed by atoms with van der Waals surface area (Å²) in [5.74, 6) is 0. The number of para-hydroxylation sites is 1. The topological polar surface area (TPSA) is 37.8 Å². The van der Waals surface area contributed by atoms with Crippen LogP contribution in [0.2, 0.25) is 5.02 Å². The molecular weight excluding hydrogens is 298 g/mol. The number of nitrogens with one attached hydrogen (secondary N) is 1. The van der Waals surface area contributed by atoms with E-state index in [9.17, 15) is 0 Å².